The van der Waals surface area contributed by atoms with Crippen molar-refractivity contribution in [3.63, 3.8) is 0 Å². The number of carbonyl (C=O) groups excluding carboxylic acids is 2. The molecular formula is C24H19BrF3NO5. The number of carbonyl (C=O) groups is 2. The van der Waals surface area contributed by atoms with Crippen molar-refractivity contribution in [2.75, 3.05) is 14.2 Å². The molecule has 2 aliphatic rings. The van der Waals surface area contributed by atoms with Crippen molar-refractivity contribution >= 4 is 33.9 Å². The van der Waals surface area contributed by atoms with Gasteiger partial charge in [0.25, 0.3) is 0 Å². The fourth-order valence-corrected chi connectivity index (χ4v) is 4.58. The minimum absolute atomic E-state index is 0.386. The van der Waals surface area contributed by atoms with Gasteiger partial charge in [-0.25, -0.2) is 9.59 Å². The molecule has 2 unspecified atom stereocenters. The van der Waals surface area contributed by atoms with E-state index in [9.17, 15) is 9.59 Å². The summed E-state index contributed by atoms with van der Waals surface area (Å²) in [6.07, 6.45) is -4.86. The van der Waals surface area contributed by atoms with Gasteiger partial charge in [-0.05, 0) is 36.3 Å². The second kappa shape index (κ2) is 8.59. The van der Waals surface area contributed by atoms with Crippen LogP contribution in [0, 0.1) is 0 Å². The molecular weight excluding hydrogens is 519 g/mol. The second-order valence-electron chi connectivity index (χ2n) is 7.65. The standard InChI is InChI=1S/C24H19BrF3NO5/c1-13-12-14-6-4-5-7-17(14)20-29(13)19(22(31)33-3)18(21(30)32-2)23(34-20,24(26,27)28)15-8-10-16(25)11-9-15/h4-12,20H,1-3H3. The van der Waals surface area contributed by atoms with Crippen LogP contribution in [0.3, 0.4) is 0 Å². The zero-order chi connectivity index (χ0) is 24.8. The fourth-order valence-electron chi connectivity index (χ4n) is 4.32. The Morgan fingerprint density at radius 3 is 2.24 bits per heavy atom. The van der Waals surface area contributed by atoms with E-state index in [2.05, 4.69) is 15.9 Å². The molecule has 0 saturated carbocycles. The molecule has 34 heavy (non-hydrogen) atoms. The van der Waals surface area contributed by atoms with Crippen LogP contribution in [0.4, 0.5) is 13.2 Å². The highest BCUT2D eigenvalue weighted by molar-refractivity contribution is 9.10. The van der Waals surface area contributed by atoms with Crippen molar-refractivity contribution in [2.45, 2.75) is 24.9 Å². The molecule has 0 spiro atoms. The summed E-state index contributed by atoms with van der Waals surface area (Å²) in [4.78, 5) is 27.3. The summed E-state index contributed by atoms with van der Waals surface area (Å²) < 4.78 is 61.4. The Bertz CT molecular complexity index is 1220. The van der Waals surface area contributed by atoms with Gasteiger partial charge in [0.1, 0.15) is 11.3 Å². The molecule has 10 heteroatoms. The molecule has 2 aromatic carbocycles. The number of fused-ring (bicyclic) bond motifs is 3. The van der Waals surface area contributed by atoms with E-state index in [1.807, 2.05) is 0 Å². The molecule has 4 rings (SSSR count). The van der Waals surface area contributed by atoms with Gasteiger partial charge < -0.3 is 19.1 Å². The summed E-state index contributed by atoms with van der Waals surface area (Å²) >= 11 is 3.21. The average Bonchev–Trinajstić information content (AvgIpc) is 2.81. The first-order chi connectivity index (χ1) is 16.1. The van der Waals surface area contributed by atoms with Crippen molar-refractivity contribution in [2.24, 2.45) is 0 Å². The zero-order valence-electron chi connectivity index (χ0n) is 18.3. The first kappa shape index (κ1) is 24.0. The number of allylic oxidation sites excluding steroid dienone is 1. The highest BCUT2D eigenvalue weighted by Gasteiger charge is 2.68. The first-order valence-corrected chi connectivity index (χ1v) is 10.8. The maximum absolute atomic E-state index is 15.1. The number of rotatable bonds is 3. The lowest BCUT2D eigenvalue weighted by molar-refractivity contribution is -0.304. The maximum Gasteiger partial charge on any atom is 0.426 e. The zero-order valence-corrected chi connectivity index (χ0v) is 19.9. The van der Waals surface area contributed by atoms with Crippen LogP contribution >= 0.6 is 15.9 Å². The number of nitrogens with zero attached hydrogens (tertiary/aromatic N) is 1. The minimum Gasteiger partial charge on any atom is -0.466 e. The van der Waals surface area contributed by atoms with Crippen LogP contribution < -0.4 is 0 Å². The van der Waals surface area contributed by atoms with Gasteiger partial charge in [-0.1, -0.05) is 52.3 Å². The summed E-state index contributed by atoms with van der Waals surface area (Å²) in [6.45, 7) is 1.60. The van der Waals surface area contributed by atoms with Crippen molar-refractivity contribution in [1.82, 2.24) is 4.90 Å². The van der Waals surface area contributed by atoms with Gasteiger partial charge in [-0.3, -0.25) is 0 Å². The number of alkyl halides is 3. The molecule has 0 N–H and O–H groups in total. The largest absolute Gasteiger partial charge is 0.466 e. The first-order valence-electron chi connectivity index (χ1n) is 10.0. The topological polar surface area (TPSA) is 65.1 Å². The van der Waals surface area contributed by atoms with E-state index in [-0.39, 0.29) is 0 Å². The number of benzene rings is 2. The van der Waals surface area contributed by atoms with Crippen molar-refractivity contribution < 1.29 is 37.0 Å². The lowest BCUT2D eigenvalue weighted by Crippen LogP contribution is -2.57. The van der Waals surface area contributed by atoms with Gasteiger partial charge in [-0.2, -0.15) is 13.2 Å². The molecule has 0 aliphatic carbocycles. The lowest BCUT2D eigenvalue weighted by atomic mass is 9.80. The molecule has 178 valence electrons. The molecule has 0 amide bonds. The molecule has 6 nitrogen and oxygen atoms in total. The van der Waals surface area contributed by atoms with Gasteiger partial charge in [0.2, 0.25) is 5.60 Å². The van der Waals surface area contributed by atoms with Crippen LogP contribution in [0.1, 0.15) is 29.8 Å². The normalized spacial score (nSPS) is 21.9. The third-order valence-electron chi connectivity index (χ3n) is 5.78. The van der Waals surface area contributed by atoms with E-state index in [4.69, 9.17) is 14.2 Å². The average molecular weight is 538 g/mol. The Hall–Kier alpha value is -3.11. The van der Waals surface area contributed by atoms with E-state index in [0.29, 0.717) is 21.3 Å². The van der Waals surface area contributed by atoms with Gasteiger partial charge in [-0.15, -0.1) is 0 Å². The van der Waals surface area contributed by atoms with E-state index < -0.39 is 46.8 Å². The molecule has 0 aromatic heterocycles. The molecule has 2 aliphatic heterocycles. The van der Waals surface area contributed by atoms with E-state index >= 15 is 13.2 Å². The Balaban J connectivity index is 2.17. The van der Waals surface area contributed by atoms with Gasteiger partial charge in [0.15, 0.2) is 6.23 Å². The Kier molecular flexibility index (Phi) is 6.07. The summed E-state index contributed by atoms with van der Waals surface area (Å²) in [6, 6.07) is 11.9. The number of esters is 2. The molecule has 0 fully saturated rings. The van der Waals surface area contributed by atoms with E-state index in [1.165, 1.54) is 29.2 Å². The number of ether oxygens (including phenoxy) is 3. The summed E-state index contributed by atoms with van der Waals surface area (Å²) in [5, 5.41) is 0. The SMILES string of the molecule is COC(=O)C1=C(C(=O)OC)C(c2ccc(Br)cc2)(C(F)(F)F)OC2c3ccccc3C=C(C)N12. The number of hydrogen-bond donors (Lipinski definition) is 0. The molecule has 0 bridgehead atoms. The summed E-state index contributed by atoms with van der Waals surface area (Å²) in [5.41, 5.74) is -3.93. The maximum atomic E-state index is 15.1. The Morgan fingerprint density at radius 2 is 1.65 bits per heavy atom. The number of halogens is 4. The van der Waals surface area contributed by atoms with Crippen LogP contribution in [0.25, 0.3) is 6.08 Å². The lowest BCUT2D eigenvalue weighted by Gasteiger charge is -2.50. The monoisotopic (exact) mass is 537 g/mol. The number of hydrogen-bond acceptors (Lipinski definition) is 6. The van der Waals surface area contributed by atoms with Crippen LogP contribution in [-0.4, -0.2) is 37.2 Å². The van der Waals surface area contributed by atoms with Crippen LogP contribution in [0.15, 0.2) is 70.0 Å². The van der Waals surface area contributed by atoms with Crippen LogP contribution in [-0.2, 0) is 29.4 Å². The molecule has 0 saturated heterocycles. The predicted molar refractivity (Wildman–Crippen MR) is 119 cm³/mol. The van der Waals surface area contributed by atoms with Crippen LogP contribution in [0.5, 0.6) is 0 Å². The minimum atomic E-state index is -5.17. The number of methoxy groups -OCH3 is 2. The molecule has 0 radical (unpaired) electrons. The highest BCUT2D eigenvalue weighted by atomic mass is 79.9. The van der Waals surface area contributed by atoms with Crippen molar-refractivity contribution in [3.05, 3.63) is 86.7 Å². The molecule has 2 atom stereocenters. The van der Waals surface area contributed by atoms with Gasteiger partial charge in [0, 0.05) is 15.7 Å². The molecule has 2 aromatic rings. The quantitative estimate of drug-likeness (QED) is 0.500. The fraction of sp³-hybridized carbons (Fsp3) is 0.250. The highest BCUT2D eigenvalue weighted by Crippen LogP contribution is 2.57. The smallest absolute Gasteiger partial charge is 0.426 e. The summed E-state index contributed by atoms with van der Waals surface area (Å²) in [7, 11) is 1.97. The van der Waals surface area contributed by atoms with Gasteiger partial charge >= 0.3 is 18.1 Å². The Morgan fingerprint density at radius 1 is 1.03 bits per heavy atom. The third-order valence-corrected chi connectivity index (χ3v) is 6.31. The van der Waals surface area contributed by atoms with Gasteiger partial charge in [0.05, 0.1) is 14.2 Å². The Labute approximate surface area is 201 Å². The van der Waals surface area contributed by atoms with Crippen molar-refractivity contribution in [3.8, 4) is 0 Å². The van der Waals surface area contributed by atoms with Crippen LogP contribution in [0.2, 0.25) is 0 Å². The molecule has 2 heterocycles. The van der Waals surface area contributed by atoms with E-state index in [1.54, 1.807) is 37.3 Å². The van der Waals surface area contributed by atoms with Crippen molar-refractivity contribution in [1.29, 1.82) is 0 Å². The predicted octanol–water partition coefficient (Wildman–Crippen LogP) is 5.21. The van der Waals surface area contributed by atoms with E-state index in [0.717, 1.165) is 14.2 Å². The third kappa shape index (κ3) is 3.52. The summed E-state index contributed by atoms with van der Waals surface area (Å²) in [5.74, 6) is -2.50. The second-order valence-corrected chi connectivity index (χ2v) is 8.56.